The number of aromatic nitrogens is 4. The first-order valence-corrected chi connectivity index (χ1v) is 7.52. The largest absolute Gasteiger partial charge is 0.473 e. The van der Waals surface area contributed by atoms with Gasteiger partial charge in [-0.15, -0.1) is 0 Å². The summed E-state index contributed by atoms with van der Waals surface area (Å²) < 4.78 is 5.62. The number of nitrogens with zero attached hydrogens (tertiary/aromatic N) is 3. The quantitative estimate of drug-likeness (QED) is 0.753. The fourth-order valence-electron chi connectivity index (χ4n) is 2.15. The number of amides is 1. The van der Waals surface area contributed by atoms with E-state index >= 15 is 0 Å². The van der Waals surface area contributed by atoms with Gasteiger partial charge in [0.05, 0.1) is 6.10 Å². The molecule has 0 aliphatic rings. The van der Waals surface area contributed by atoms with Gasteiger partial charge in [-0.05, 0) is 38.1 Å². The predicted molar refractivity (Wildman–Crippen MR) is 89.8 cm³/mol. The van der Waals surface area contributed by atoms with Crippen molar-refractivity contribution in [3.05, 3.63) is 54.5 Å². The lowest BCUT2D eigenvalue weighted by molar-refractivity contribution is 0.102. The first kappa shape index (κ1) is 15.7. The highest BCUT2D eigenvalue weighted by molar-refractivity contribution is 6.05. The molecule has 1 amide bonds. The zero-order chi connectivity index (χ0) is 16.9. The Kier molecular flexibility index (Phi) is 4.51. The van der Waals surface area contributed by atoms with Crippen molar-refractivity contribution in [2.75, 3.05) is 5.32 Å². The number of hydrogen-bond donors (Lipinski definition) is 2. The summed E-state index contributed by atoms with van der Waals surface area (Å²) in [4.78, 5) is 20.8. The van der Waals surface area contributed by atoms with Gasteiger partial charge in [0.25, 0.3) is 5.91 Å². The van der Waals surface area contributed by atoms with Crippen LogP contribution in [0, 0.1) is 0 Å². The lowest BCUT2D eigenvalue weighted by Gasteiger charge is -2.13. The number of pyridine rings is 1. The van der Waals surface area contributed by atoms with E-state index in [9.17, 15) is 4.79 Å². The number of anilines is 1. The number of H-pyrrole nitrogens is 1. The second-order valence-corrected chi connectivity index (χ2v) is 5.39. The average molecular weight is 323 g/mol. The minimum Gasteiger partial charge on any atom is -0.473 e. The summed E-state index contributed by atoms with van der Waals surface area (Å²) in [6.45, 7) is 3.81. The number of hydrogen-bond acceptors (Lipinski definition) is 5. The summed E-state index contributed by atoms with van der Waals surface area (Å²) >= 11 is 0. The fourth-order valence-corrected chi connectivity index (χ4v) is 2.15. The molecule has 0 spiro atoms. The van der Waals surface area contributed by atoms with Crippen molar-refractivity contribution < 1.29 is 9.53 Å². The maximum atomic E-state index is 12.5. The normalized spacial score (nSPS) is 10.6. The standard InChI is InChI=1S/C17H17N5O2/c1-11(2)24-17-14(7-4-8-18-17)21-16(23)13-6-3-5-12(9-13)15-19-10-20-22-15/h3-11H,1-2H3,(H,21,23)(H,19,20,22). The van der Waals surface area contributed by atoms with Gasteiger partial charge in [-0.1, -0.05) is 12.1 Å². The van der Waals surface area contributed by atoms with Crippen molar-refractivity contribution in [3.8, 4) is 17.3 Å². The Balaban J connectivity index is 1.82. The summed E-state index contributed by atoms with van der Waals surface area (Å²) in [6, 6.07) is 10.6. The van der Waals surface area contributed by atoms with E-state index in [4.69, 9.17) is 4.74 Å². The second-order valence-electron chi connectivity index (χ2n) is 5.39. The van der Waals surface area contributed by atoms with E-state index in [1.165, 1.54) is 6.33 Å². The van der Waals surface area contributed by atoms with Crippen molar-refractivity contribution >= 4 is 11.6 Å². The predicted octanol–water partition coefficient (Wildman–Crippen LogP) is 2.91. The second kappa shape index (κ2) is 6.91. The molecular weight excluding hydrogens is 306 g/mol. The summed E-state index contributed by atoms with van der Waals surface area (Å²) in [5.74, 6) is 0.750. The molecule has 2 aromatic heterocycles. The van der Waals surface area contributed by atoms with Gasteiger partial charge in [-0.3, -0.25) is 9.89 Å². The Hall–Kier alpha value is -3.22. The Labute approximate surface area is 139 Å². The van der Waals surface area contributed by atoms with Crippen LogP contribution in [0.3, 0.4) is 0 Å². The van der Waals surface area contributed by atoms with Crippen molar-refractivity contribution in [3.63, 3.8) is 0 Å². The van der Waals surface area contributed by atoms with E-state index in [0.717, 1.165) is 5.56 Å². The van der Waals surface area contributed by atoms with Crippen LogP contribution in [0.2, 0.25) is 0 Å². The molecule has 0 unspecified atom stereocenters. The molecular formula is C17H17N5O2. The molecule has 0 bridgehead atoms. The van der Waals surface area contributed by atoms with Crippen LogP contribution in [0.15, 0.2) is 48.9 Å². The summed E-state index contributed by atoms with van der Waals surface area (Å²) in [6.07, 6.45) is 3.01. The van der Waals surface area contributed by atoms with Gasteiger partial charge in [-0.2, -0.15) is 5.10 Å². The smallest absolute Gasteiger partial charge is 0.255 e. The van der Waals surface area contributed by atoms with Crippen LogP contribution in [-0.2, 0) is 0 Å². The van der Waals surface area contributed by atoms with Gasteiger partial charge in [0, 0.05) is 17.3 Å². The zero-order valence-electron chi connectivity index (χ0n) is 13.4. The molecule has 122 valence electrons. The van der Waals surface area contributed by atoms with E-state index < -0.39 is 0 Å². The molecule has 3 rings (SSSR count). The summed E-state index contributed by atoms with van der Waals surface area (Å²) in [7, 11) is 0. The van der Waals surface area contributed by atoms with Crippen LogP contribution in [0.4, 0.5) is 5.69 Å². The van der Waals surface area contributed by atoms with Gasteiger partial charge >= 0.3 is 0 Å². The molecule has 2 N–H and O–H groups in total. The highest BCUT2D eigenvalue weighted by Gasteiger charge is 2.13. The van der Waals surface area contributed by atoms with Gasteiger partial charge in [0.2, 0.25) is 5.88 Å². The van der Waals surface area contributed by atoms with Crippen molar-refractivity contribution in [2.45, 2.75) is 20.0 Å². The van der Waals surface area contributed by atoms with Crippen LogP contribution in [0.1, 0.15) is 24.2 Å². The first-order valence-electron chi connectivity index (χ1n) is 7.52. The number of carbonyl (C=O) groups is 1. The van der Waals surface area contributed by atoms with Gasteiger partial charge < -0.3 is 10.1 Å². The number of nitrogens with one attached hydrogen (secondary N) is 2. The molecule has 7 nitrogen and oxygen atoms in total. The third kappa shape index (κ3) is 3.57. The lowest BCUT2D eigenvalue weighted by Crippen LogP contribution is -2.15. The van der Waals surface area contributed by atoms with Crippen LogP contribution >= 0.6 is 0 Å². The lowest BCUT2D eigenvalue weighted by atomic mass is 10.1. The van der Waals surface area contributed by atoms with Crippen molar-refractivity contribution in [1.29, 1.82) is 0 Å². The summed E-state index contributed by atoms with van der Waals surface area (Å²) in [5, 5.41) is 9.43. The van der Waals surface area contributed by atoms with E-state index in [1.807, 2.05) is 19.9 Å². The number of rotatable bonds is 5. The number of aromatic amines is 1. The number of benzene rings is 1. The van der Waals surface area contributed by atoms with Gasteiger partial charge in [0.15, 0.2) is 5.82 Å². The minimum absolute atomic E-state index is 0.0367. The Morgan fingerprint density at radius 1 is 1.21 bits per heavy atom. The molecule has 0 fully saturated rings. The van der Waals surface area contributed by atoms with E-state index in [0.29, 0.717) is 23.0 Å². The Bertz CT molecular complexity index is 831. The molecule has 7 heteroatoms. The molecule has 0 aliphatic carbocycles. The number of ether oxygens (including phenoxy) is 1. The maximum absolute atomic E-state index is 12.5. The van der Waals surface area contributed by atoms with E-state index in [2.05, 4.69) is 25.5 Å². The van der Waals surface area contributed by atoms with Crippen molar-refractivity contribution in [1.82, 2.24) is 20.2 Å². The average Bonchev–Trinajstić information content (AvgIpc) is 3.11. The SMILES string of the molecule is CC(C)Oc1ncccc1NC(=O)c1cccc(-c2ncn[nH]2)c1. The van der Waals surface area contributed by atoms with E-state index in [-0.39, 0.29) is 12.0 Å². The van der Waals surface area contributed by atoms with Crippen LogP contribution in [0.5, 0.6) is 5.88 Å². The highest BCUT2D eigenvalue weighted by Crippen LogP contribution is 2.23. The molecule has 0 saturated carbocycles. The van der Waals surface area contributed by atoms with Gasteiger partial charge in [0.1, 0.15) is 12.0 Å². The Morgan fingerprint density at radius 3 is 2.83 bits per heavy atom. The monoisotopic (exact) mass is 323 g/mol. The van der Waals surface area contributed by atoms with Crippen LogP contribution < -0.4 is 10.1 Å². The van der Waals surface area contributed by atoms with Crippen molar-refractivity contribution in [2.24, 2.45) is 0 Å². The third-order valence-corrected chi connectivity index (χ3v) is 3.18. The molecule has 0 atom stereocenters. The minimum atomic E-state index is -0.252. The summed E-state index contributed by atoms with van der Waals surface area (Å²) in [5.41, 5.74) is 1.81. The van der Waals surface area contributed by atoms with Crippen LogP contribution in [0.25, 0.3) is 11.4 Å². The molecule has 1 aromatic carbocycles. The van der Waals surface area contributed by atoms with Gasteiger partial charge in [-0.25, -0.2) is 9.97 Å². The first-order chi connectivity index (χ1) is 11.6. The van der Waals surface area contributed by atoms with Crippen LogP contribution in [-0.4, -0.2) is 32.2 Å². The fraction of sp³-hybridized carbons (Fsp3) is 0.176. The third-order valence-electron chi connectivity index (χ3n) is 3.18. The molecule has 2 heterocycles. The molecule has 3 aromatic rings. The topological polar surface area (TPSA) is 92.8 Å². The van der Waals surface area contributed by atoms with E-state index in [1.54, 1.807) is 36.5 Å². The maximum Gasteiger partial charge on any atom is 0.255 e. The molecule has 24 heavy (non-hydrogen) atoms. The Morgan fingerprint density at radius 2 is 2.08 bits per heavy atom. The molecule has 0 aliphatic heterocycles. The number of carbonyl (C=O) groups excluding carboxylic acids is 1. The molecule has 0 radical (unpaired) electrons. The highest BCUT2D eigenvalue weighted by atomic mass is 16.5. The zero-order valence-corrected chi connectivity index (χ0v) is 13.4. The molecule has 0 saturated heterocycles.